The summed E-state index contributed by atoms with van der Waals surface area (Å²) in [5.41, 5.74) is -0.652. The van der Waals surface area contributed by atoms with Gasteiger partial charge in [-0.3, -0.25) is 14.9 Å². The molecular weight excluding hydrogens is 532 g/mol. The number of benzene rings is 1. The molecule has 0 spiro atoms. The monoisotopic (exact) mass is 580 g/mol. The number of carbonyl (C=O) groups is 2. The minimum absolute atomic E-state index is 0.0827. The van der Waals surface area contributed by atoms with Crippen molar-refractivity contribution in [3.63, 3.8) is 0 Å². The molecule has 1 aromatic carbocycles. The topological polar surface area (TPSA) is 143 Å². The lowest BCUT2D eigenvalue weighted by atomic mass is 9.91. The smallest absolute Gasteiger partial charge is 0.407 e. The molecule has 0 radical (unpaired) electrons. The summed E-state index contributed by atoms with van der Waals surface area (Å²) in [6, 6.07) is 7.00. The Hall–Kier alpha value is -2.37. The number of carboxylic acid groups (broad SMARTS) is 1. The number of unbranched alkanes of at least 4 members (excludes halogenated alkanes) is 1. The highest BCUT2D eigenvalue weighted by Crippen LogP contribution is 2.27. The predicted octanol–water partition coefficient (Wildman–Crippen LogP) is 6.58. The van der Waals surface area contributed by atoms with Crippen LogP contribution >= 0.6 is 11.9 Å². The Morgan fingerprint density at radius 3 is 2.12 bits per heavy atom. The molecule has 0 heterocycles. The first-order chi connectivity index (χ1) is 19.0. The van der Waals surface area contributed by atoms with E-state index < -0.39 is 28.6 Å². The maximum absolute atomic E-state index is 11.5. The summed E-state index contributed by atoms with van der Waals surface area (Å²) in [7, 11) is 0. The minimum Gasteiger partial charge on any atom is -0.480 e. The molecule has 226 valence electrons. The Bertz CT molecular complexity index is 898. The van der Waals surface area contributed by atoms with E-state index in [0.29, 0.717) is 30.7 Å². The van der Waals surface area contributed by atoms with E-state index in [1.807, 2.05) is 0 Å². The SMILES string of the molecule is C1CCC(NC2CCCCC2)CC1.CC(C)(C)OC(=O)NCCCC[C@@H](NSc1ccccc1[N+](=O)[O-])C(=O)O. The first kappa shape index (κ1) is 33.8. The number of nitrogens with one attached hydrogen (secondary N) is 3. The Kier molecular flexibility index (Phi) is 15.3. The molecule has 0 bridgehead atoms. The molecule has 3 rings (SSSR count). The van der Waals surface area contributed by atoms with E-state index in [0.717, 1.165) is 24.0 Å². The number of amides is 1. The molecule has 11 heteroatoms. The highest BCUT2D eigenvalue weighted by atomic mass is 32.2. The Balaban J connectivity index is 0.000000355. The van der Waals surface area contributed by atoms with Crippen molar-refractivity contribution < 1.29 is 24.4 Å². The summed E-state index contributed by atoms with van der Waals surface area (Å²) in [5, 5.41) is 26.8. The van der Waals surface area contributed by atoms with Gasteiger partial charge in [0.1, 0.15) is 16.5 Å². The number of hydrogen-bond acceptors (Lipinski definition) is 8. The van der Waals surface area contributed by atoms with Crippen molar-refractivity contribution >= 4 is 29.7 Å². The van der Waals surface area contributed by atoms with Crippen LogP contribution in [-0.4, -0.2) is 52.4 Å². The Morgan fingerprint density at radius 2 is 1.60 bits per heavy atom. The average molecular weight is 581 g/mol. The lowest BCUT2D eigenvalue weighted by molar-refractivity contribution is -0.387. The molecule has 0 aliphatic heterocycles. The van der Waals surface area contributed by atoms with Crippen LogP contribution < -0.4 is 15.4 Å². The highest BCUT2D eigenvalue weighted by molar-refractivity contribution is 7.97. The number of nitro benzene ring substituents is 1. The lowest BCUT2D eigenvalue weighted by Gasteiger charge is -2.30. The largest absolute Gasteiger partial charge is 0.480 e. The quantitative estimate of drug-likeness (QED) is 0.0932. The third-order valence-electron chi connectivity index (χ3n) is 6.94. The van der Waals surface area contributed by atoms with Crippen LogP contribution in [0.2, 0.25) is 0 Å². The van der Waals surface area contributed by atoms with E-state index in [1.165, 1.54) is 70.3 Å². The third-order valence-corrected chi connectivity index (χ3v) is 7.91. The Labute approximate surface area is 243 Å². The molecule has 2 saturated carbocycles. The van der Waals surface area contributed by atoms with Crippen molar-refractivity contribution in [3.8, 4) is 0 Å². The van der Waals surface area contributed by atoms with Crippen molar-refractivity contribution in [1.29, 1.82) is 0 Å². The number of rotatable bonds is 12. The number of hydrogen-bond donors (Lipinski definition) is 4. The zero-order valence-electron chi connectivity index (χ0n) is 24.3. The zero-order chi connectivity index (χ0) is 29.4. The molecule has 40 heavy (non-hydrogen) atoms. The fourth-order valence-electron chi connectivity index (χ4n) is 4.91. The lowest BCUT2D eigenvalue weighted by Crippen LogP contribution is -2.40. The van der Waals surface area contributed by atoms with E-state index in [4.69, 9.17) is 4.74 Å². The van der Waals surface area contributed by atoms with Crippen molar-refractivity contribution in [2.24, 2.45) is 0 Å². The van der Waals surface area contributed by atoms with E-state index in [9.17, 15) is 24.8 Å². The molecule has 0 unspecified atom stereocenters. The molecule has 2 aliphatic rings. The van der Waals surface area contributed by atoms with Crippen molar-refractivity contribution in [2.75, 3.05) is 6.54 Å². The summed E-state index contributed by atoms with van der Waals surface area (Å²) in [6.07, 6.45) is 15.5. The number of nitro groups is 1. The van der Waals surface area contributed by atoms with Crippen molar-refractivity contribution in [2.45, 2.75) is 133 Å². The first-order valence-electron chi connectivity index (χ1n) is 14.7. The van der Waals surface area contributed by atoms with Gasteiger partial charge in [0.15, 0.2) is 0 Å². The van der Waals surface area contributed by atoms with Gasteiger partial charge in [-0.15, -0.1) is 0 Å². The number of nitrogens with zero attached hydrogens (tertiary/aromatic N) is 1. The molecule has 10 nitrogen and oxygen atoms in total. The van der Waals surface area contributed by atoms with Gasteiger partial charge in [0.25, 0.3) is 5.69 Å². The number of carboxylic acids is 1. The second kappa shape index (κ2) is 18.1. The van der Waals surface area contributed by atoms with Gasteiger partial charge in [0.2, 0.25) is 0 Å². The normalized spacial score (nSPS) is 17.3. The van der Waals surface area contributed by atoms with Crippen LogP contribution in [0.4, 0.5) is 10.5 Å². The summed E-state index contributed by atoms with van der Waals surface area (Å²) in [4.78, 5) is 33.7. The molecule has 2 fully saturated rings. The van der Waals surface area contributed by atoms with Gasteiger partial charge in [-0.2, -0.15) is 0 Å². The fraction of sp³-hybridized carbons (Fsp3) is 0.724. The first-order valence-corrected chi connectivity index (χ1v) is 15.5. The van der Waals surface area contributed by atoms with E-state index >= 15 is 0 Å². The van der Waals surface area contributed by atoms with Gasteiger partial charge in [-0.25, -0.2) is 9.52 Å². The fourth-order valence-corrected chi connectivity index (χ4v) is 5.79. The van der Waals surface area contributed by atoms with Crippen LogP contribution in [-0.2, 0) is 9.53 Å². The number of carbonyl (C=O) groups excluding carboxylic acids is 1. The number of alkyl carbamates (subject to hydrolysis) is 1. The van der Waals surface area contributed by atoms with Crippen molar-refractivity contribution in [1.82, 2.24) is 15.4 Å². The van der Waals surface area contributed by atoms with Crippen LogP contribution in [0.3, 0.4) is 0 Å². The second-order valence-electron chi connectivity index (χ2n) is 11.6. The van der Waals surface area contributed by atoms with Gasteiger partial charge in [0, 0.05) is 24.7 Å². The zero-order valence-corrected chi connectivity index (χ0v) is 25.1. The second-order valence-corrected chi connectivity index (χ2v) is 12.5. The molecule has 4 N–H and O–H groups in total. The van der Waals surface area contributed by atoms with Crippen molar-refractivity contribution in [3.05, 3.63) is 34.4 Å². The summed E-state index contributed by atoms with van der Waals surface area (Å²) < 4.78 is 7.87. The third kappa shape index (κ3) is 14.3. The number of para-hydroxylation sites is 1. The van der Waals surface area contributed by atoms with Crippen LogP contribution in [0.25, 0.3) is 0 Å². The molecule has 2 aliphatic carbocycles. The summed E-state index contributed by atoms with van der Waals surface area (Å²) in [5.74, 6) is -1.04. The van der Waals surface area contributed by atoms with Gasteiger partial charge in [0.05, 0.1) is 4.92 Å². The van der Waals surface area contributed by atoms with Gasteiger partial charge < -0.3 is 20.5 Å². The highest BCUT2D eigenvalue weighted by Gasteiger charge is 2.21. The van der Waals surface area contributed by atoms with Crippen LogP contribution in [0.1, 0.15) is 104 Å². The molecule has 1 amide bonds. The van der Waals surface area contributed by atoms with Gasteiger partial charge in [-0.1, -0.05) is 50.7 Å². The van der Waals surface area contributed by atoms with Crippen LogP contribution in [0, 0.1) is 10.1 Å². The molecule has 1 aromatic rings. The van der Waals surface area contributed by atoms with Crippen LogP contribution in [0.5, 0.6) is 0 Å². The molecule has 0 saturated heterocycles. The van der Waals surface area contributed by atoms with Crippen LogP contribution in [0.15, 0.2) is 29.2 Å². The molecule has 1 atom stereocenters. The summed E-state index contributed by atoms with van der Waals surface area (Å²) in [6.45, 7) is 5.68. The van der Waals surface area contributed by atoms with E-state index in [2.05, 4.69) is 15.4 Å². The number of ether oxygens (including phenoxy) is 1. The maximum Gasteiger partial charge on any atom is 0.407 e. The minimum atomic E-state index is -1.04. The molecule has 0 aromatic heterocycles. The predicted molar refractivity (Wildman–Crippen MR) is 158 cm³/mol. The van der Waals surface area contributed by atoms with Gasteiger partial charge >= 0.3 is 12.1 Å². The number of aliphatic carboxylic acids is 1. The van der Waals surface area contributed by atoms with E-state index in [-0.39, 0.29) is 5.69 Å². The van der Waals surface area contributed by atoms with E-state index in [1.54, 1.807) is 39.0 Å². The molecular formula is C29H48N4O6S. The summed E-state index contributed by atoms with van der Waals surface area (Å²) >= 11 is 0.925. The van der Waals surface area contributed by atoms with Gasteiger partial charge in [-0.05, 0) is 83.7 Å². The Morgan fingerprint density at radius 1 is 1.02 bits per heavy atom. The standard InChI is InChI=1S/C17H25N3O6S.C12H23N/c1-17(2,3)26-16(23)18-11-7-6-8-12(15(21)22)19-27-14-10-5-4-9-13(14)20(24)25;1-3-7-11(8-4-1)13-12-9-5-2-6-10-12/h4-5,9-10,12,19H,6-8,11H2,1-3H3,(H,18,23)(H,21,22);11-13H,1-10H2/t12-;/m1./s1. The maximum atomic E-state index is 11.5. The average Bonchev–Trinajstić information content (AvgIpc) is 2.90.